The van der Waals surface area contributed by atoms with Gasteiger partial charge in [-0.05, 0) is 50.0 Å². The minimum Gasteiger partial charge on any atom is -0.399 e. The van der Waals surface area contributed by atoms with Gasteiger partial charge in [0.2, 0.25) is 5.91 Å². The molecule has 2 rings (SSSR count). The Bertz CT molecular complexity index is 453. The van der Waals surface area contributed by atoms with Crippen LogP contribution in [0.25, 0.3) is 0 Å². The van der Waals surface area contributed by atoms with Gasteiger partial charge in [0.25, 0.3) is 0 Å². The van der Waals surface area contributed by atoms with Crippen LogP contribution in [0.4, 0.5) is 5.69 Å². The van der Waals surface area contributed by atoms with Crippen molar-refractivity contribution in [2.24, 2.45) is 5.92 Å². The molecule has 1 fully saturated rings. The fraction of sp³-hybridized carbons (Fsp3) is 0.562. The van der Waals surface area contributed by atoms with Crippen LogP contribution >= 0.6 is 24.8 Å². The van der Waals surface area contributed by atoms with Crippen molar-refractivity contribution in [3.05, 3.63) is 29.8 Å². The highest BCUT2D eigenvalue weighted by molar-refractivity contribution is 5.85. The number of carbonyl (C=O) groups excluding carboxylic acids is 1. The molecule has 0 aliphatic carbocycles. The van der Waals surface area contributed by atoms with E-state index in [1.165, 1.54) is 19.4 Å². The zero-order valence-corrected chi connectivity index (χ0v) is 15.0. The van der Waals surface area contributed by atoms with Gasteiger partial charge in [0.05, 0.1) is 6.42 Å². The highest BCUT2D eigenvalue weighted by Crippen LogP contribution is 2.16. The average Bonchev–Trinajstić information content (AvgIpc) is 2.41. The highest BCUT2D eigenvalue weighted by Gasteiger charge is 2.20. The average molecular weight is 348 g/mol. The Morgan fingerprint density at radius 2 is 1.95 bits per heavy atom. The van der Waals surface area contributed by atoms with Crippen molar-refractivity contribution >= 4 is 36.4 Å². The summed E-state index contributed by atoms with van der Waals surface area (Å²) in [5, 5.41) is 0. The number of rotatable bonds is 4. The van der Waals surface area contributed by atoms with Crippen molar-refractivity contribution in [2.45, 2.75) is 19.3 Å². The number of nitrogen functional groups attached to an aromatic ring is 1. The Kier molecular flexibility index (Phi) is 9.49. The van der Waals surface area contributed by atoms with E-state index >= 15 is 0 Å². The zero-order chi connectivity index (χ0) is 14.5. The minimum atomic E-state index is 0. The molecule has 126 valence electrons. The Hall–Kier alpha value is -0.970. The van der Waals surface area contributed by atoms with Gasteiger partial charge in [-0.1, -0.05) is 12.1 Å². The normalized spacial score (nSPS) is 18.0. The molecule has 0 aromatic heterocycles. The van der Waals surface area contributed by atoms with Crippen molar-refractivity contribution in [3.8, 4) is 0 Å². The topological polar surface area (TPSA) is 49.6 Å². The number of halogens is 2. The van der Waals surface area contributed by atoms with E-state index in [4.69, 9.17) is 5.73 Å². The number of piperidine rings is 1. The molecule has 0 spiro atoms. The molecule has 1 heterocycles. The third-order valence-electron chi connectivity index (χ3n) is 4.01. The molecule has 1 atom stereocenters. The number of likely N-dealkylation sites (N-methyl/N-ethyl adjacent to an activating group) is 1. The van der Waals surface area contributed by atoms with Crippen LogP contribution < -0.4 is 5.73 Å². The third-order valence-corrected chi connectivity index (χ3v) is 4.01. The minimum absolute atomic E-state index is 0. The Morgan fingerprint density at radius 1 is 1.32 bits per heavy atom. The molecule has 0 bridgehead atoms. The quantitative estimate of drug-likeness (QED) is 0.851. The van der Waals surface area contributed by atoms with E-state index in [1.807, 2.05) is 36.2 Å². The van der Waals surface area contributed by atoms with E-state index in [0.717, 1.165) is 24.3 Å². The maximum absolute atomic E-state index is 12.2. The van der Waals surface area contributed by atoms with Crippen molar-refractivity contribution in [3.63, 3.8) is 0 Å². The smallest absolute Gasteiger partial charge is 0.226 e. The van der Waals surface area contributed by atoms with E-state index in [-0.39, 0.29) is 30.7 Å². The number of hydrogen-bond acceptors (Lipinski definition) is 3. The summed E-state index contributed by atoms with van der Waals surface area (Å²) >= 11 is 0. The van der Waals surface area contributed by atoms with Gasteiger partial charge in [-0.15, -0.1) is 24.8 Å². The lowest BCUT2D eigenvalue weighted by atomic mass is 9.98. The molecular weight excluding hydrogens is 321 g/mol. The second-order valence-corrected chi connectivity index (χ2v) is 5.96. The standard InChI is InChI=1S/C16H25N3O.2ClH/c1-18-9-3-4-14(11-18)12-19(2)16(20)10-13-5-7-15(17)8-6-13;;/h5-8,14H,3-4,9-12,17H2,1-2H3;2*1H. The lowest BCUT2D eigenvalue weighted by molar-refractivity contribution is -0.129. The number of carbonyl (C=O) groups is 1. The van der Waals surface area contributed by atoms with Gasteiger partial charge in [-0.25, -0.2) is 0 Å². The zero-order valence-electron chi connectivity index (χ0n) is 13.3. The van der Waals surface area contributed by atoms with Gasteiger partial charge in [-0.3, -0.25) is 4.79 Å². The summed E-state index contributed by atoms with van der Waals surface area (Å²) in [5.41, 5.74) is 7.41. The molecule has 4 nitrogen and oxygen atoms in total. The van der Waals surface area contributed by atoms with E-state index < -0.39 is 0 Å². The summed E-state index contributed by atoms with van der Waals surface area (Å²) in [7, 11) is 4.07. The number of likely N-dealkylation sites (tertiary alicyclic amines) is 1. The second kappa shape index (κ2) is 9.93. The molecule has 1 aliphatic rings. The molecular formula is C16H27Cl2N3O. The van der Waals surface area contributed by atoms with E-state index in [0.29, 0.717) is 12.3 Å². The lowest BCUT2D eigenvalue weighted by Gasteiger charge is -2.32. The molecule has 1 aromatic carbocycles. The number of nitrogens with zero attached hydrogens (tertiary/aromatic N) is 2. The summed E-state index contributed by atoms with van der Waals surface area (Å²) in [6, 6.07) is 7.54. The summed E-state index contributed by atoms with van der Waals surface area (Å²) in [6.45, 7) is 3.14. The molecule has 1 unspecified atom stereocenters. The van der Waals surface area contributed by atoms with Crippen LogP contribution in [0.3, 0.4) is 0 Å². The first-order valence-corrected chi connectivity index (χ1v) is 7.31. The van der Waals surface area contributed by atoms with Crippen LogP contribution in [0.15, 0.2) is 24.3 Å². The molecule has 1 aromatic rings. The SMILES string of the molecule is CN1CCCC(CN(C)C(=O)Cc2ccc(N)cc2)C1.Cl.Cl. The number of nitrogens with two attached hydrogens (primary N) is 1. The van der Waals surface area contributed by atoms with E-state index in [1.54, 1.807) is 0 Å². The summed E-state index contributed by atoms with van der Waals surface area (Å²) in [6.07, 6.45) is 2.92. The number of anilines is 1. The molecule has 2 N–H and O–H groups in total. The maximum Gasteiger partial charge on any atom is 0.226 e. The summed E-state index contributed by atoms with van der Waals surface area (Å²) in [5.74, 6) is 0.789. The third kappa shape index (κ3) is 6.42. The largest absolute Gasteiger partial charge is 0.399 e. The Balaban J connectivity index is 0.00000220. The van der Waals surface area contributed by atoms with Crippen LogP contribution in [0.2, 0.25) is 0 Å². The molecule has 6 heteroatoms. The van der Waals surface area contributed by atoms with Crippen molar-refractivity contribution in [1.29, 1.82) is 0 Å². The van der Waals surface area contributed by atoms with Gasteiger partial charge < -0.3 is 15.5 Å². The molecule has 1 amide bonds. The number of hydrogen-bond donors (Lipinski definition) is 1. The van der Waals surface area contributed by atoms with E-state index in [9.17, 15) is 4.79 Å². The van der Waals surface area contributed by atoms with Crippen LogP contribution in [-0.4, -0.2) is 49.4 Å². The van der Waals surface area contributed by atoms with Crippen molar-refractivity contribution in [2.75, 3.05) is 39.5 Å². The first-order chi connectivity index (χ1) is 9.54. The second-order valence-electron chi connectivity index (χ2n) is 5.96. The molecule has 0 saturated carbocycles. The van der Waals surface area contributed by atoms with Crippen molar-refractivity contribution < 1.29 is 4.79 Å². The van der Waals surface area contributed by atoms with Crippen LogP contribution in [0.1, 0.15) is 18.4 Å². The first-order valence-electron chi connectivity index (χ1n) is 7.31. The monoisotopic (exact) mass is 347 g/mol. The van der Waals surface area contributed by atoms with Gasteiger partial charge in [-0.2, -0.15) is 0 Å². The Labute approximate surface area is 145 Å². The predicted molar refractivity (Wildman–Crippen MR) is 96.9 cm³/mol. The lowest BCUT2D eigenvalue weighted by Crippen LogP contribution is -2.40. The van der Waals surface area contributed by atoms with Crippen LogP contribution in [0.5, 0.6) is 0 Å². The number of benzene rings is 1. The molecule has 1 aliphatic heterocycles. The fourth-order valence-electron chi connectivity index (χ4n) is 2.86. The van der Waals surface area contributed by atoms with Crippen LogP contribution in [-0.2, 0) is 11.2 Å². The van der Waals surface area contributed by atoms with E-state index in [2.05, 4.69) is 11.9 Å². The molecule has 1 saturated heterocycles. The van der Waals surface area contributed by atoms with Crippen LogP contribution in [0, 0.1) is 5.92 Å². The van der Waals surface area contributed by atoms with Gasteiger partial charge in [0.1, 0.15) is 0 Å². The Morgan fingerprint density at radius 3 is 2.55 bits per heavy atom. The summed E-state index contributed by atoms with van der Waals surface area (Å²) < 4.78 is 0. The van der Waals surface area contributed by atoms with Gasteiger partial charge >= 0.3 is 0 Å². The highest BCUT2D eigenvalue weighted by atomic mass is 35.5. The van der Waals surface area contributed by atoms with Gasteiger partial charge in [0, 0.05) is 25.8 Å². The maximum atomic E-state index is 12.2. The number of amides is 1. The predicted octanol–water partition coefficient (Wildman–Crippen LogP) is 2.46. The van der Waals surface area contributed by atoms with Gasteiger partial charge in [0.15, 0.2) is 0 Å². The molecule has 22 heavy (non-hydrogen) atoms. The van der Waals surface area contributed by atoms with Crippen molar-refractivity contribution in [1.82, 2.24) is 9.80 Å². The first kappa shape index (κ1) is 21.0. The molecule has 0 radical (unpaired) electrons. The fourth-order valence-corrected chi connectivity index (χ4v) is 2.86. The summed E-state index contributed by atoms with van der Waals surface area (Å²) in [4.78, 5) is 16.5.